The number of hydrogen-bond donors (Lipinski definition) is 2. The van der Waals surface area contributed by atoms with Gasteiger partial charge in [0, 0.05) is 25.4 Å². The second kappa shape index (κ2) is 7.03. The molecule has 0 saturated heterocycles. The molecule has 0 bridgehead atoms. The van der Waals surface area contributed by atoms with Crippen LogP contribution < -0.4 is 11.3 Å². The predicted molar refractivity (Wildman–Crippen MR) is 73.0 cm³/mol. The second-order valence-corrected chi connectivity index (χ2v) is 4.94. The number of nitrogens with two attached hydrogens (primary N) is 1. The average Bonchev–Trinajstić information content (AvgIpc) is 2.37. The first kappa shape index (κ1) is 14.5. The first-order valence-corrected chi connectivity index (χ1v) is 6.58. The molecule has 0 heterocycles. The van der Waals surface area contributed by atoms with Crippen LogP contribution in [0.3, 0.4) is 0 Å². The summed E-state index contributed by atoms with van der Waals surface area (Å²) in [4.78, 5) is 24.3. The average molecular weight is 267 g/mol. The smallest absolute Gasteiger partial charge is 0.265 e. The van der Waals surface area contributed by atoms with E-state index in [-0.39, 0.29) is 11.8 Å². The Morgan fingerprint density at radius 2 is 2.11 bits per heavy atom. The molecule has 6 heteroatoms. The quantitative estimate of drug-likeness (QED) is 0.466. The lowest BCUT2D eigenvalue weighted by Gasteiger charge is -2.09. The topological polar surface area (TPSA) is 75.4 Å². The van der Waals surface area contributed by atoms with E-state index in [1.165, 1.54) is 11.8 Å². The van der Waals surface area contributed by atoms with Crippen LogP contribution >= 0.6 is 11.8 Å². The summed E-state index contributed by atoms with van der Waals surface area (Å²) in [7, 11) is 3.46. The van der Waals surface area contributed by atoms with Gasteiger partial charge in [0.15, 0.2) is 0 Å². The van der Waals surface area contributed by atoms with E-state index in [0.29, 0.717) is 17.1 Å². The number of carbonyl (C=O) groups is 2. The highest BCUT2D eigenvalue weighted by Gasteiger charge is 2.06. The fourth-order valence-corrected chi connectivity index (χ4v) is 2.22. The third kappa shape index (κ3) is 4.38. The van der Waals surface area contributed by atoms with Gasteiger partial charge < -0.3 is 4.90 Å². The SMILES string of the molecule is CN(C)C(=O)CSCc1cccc(C(=O)NN)c1. The molecule has 1 rings (SSSR count). The number of benzene rings is 1. The van der Waals surface area contributed by atoms with E-state index in [4.69, 9.17) is 5.84 Å². The molecule has 18 heavy (non-hydrogen) atoms. The fraction of sp³-hybridized carbons (Fsp3) is 0.333. The van der Waals surface area contributed by atoms with Gasteiger partial charge >= 0.3 is 0 Å². The summed E-state index contributed by atoms with van der Waals surface area (Å²) in [6.45, 7) is 0. The van der Waals surface area contributed by atoms with Crippen LogP contribution in [0, 0.1) is 0 Å². The number of hydrogen-bond acceptors (Lipinski definition) is 4. The third-order valence-corrected chi connectivity index (χ3v) is 3.30. The number of nitrogen functional groups attached to an aromatic ring is 1. The van der Waals surface area contributed by atoms with Crippen LogP contribution in [-0.4, -0.2) is 36.6 Å². The Labute approximate surface area is 111 Å². The molecule has 98 valence electrons. The highest BCUT2D eigenvalue weighted by molar-refractivity contribution is 7.99. The van der Waals surface area contributed by atoms with Crippen molar-refractivity contribution in [2.45, 2.75) is 5.75 Å². The number of nitrogens with zero attached hydrogens (tertiary/aromatic N) is 1. The van der Waals surface area contributed by atoms with E-state index in [2.05, 4.69) is 5.43 Å². The summed E-state index contributed by atoms with van der Waals surface area (Å²) >= 11 is 1.52. The van der Waals surface area contributed by atoms with Gasteiger partial charge in [0.2, 0.25) is 5.91 Å². The molecule has 1 aromatic rings. The first-order chi connectivity index (χ1) is 8.54. The zero-order chi connectivity index (χ0) is 13.5. The number of hydrazine groups is 1. The molecule has 0 radical (unpaired) electrons. The van der Waals surface area contributed by atoms with Crippen molar-refractivity contribution >= 4 is 23.6 Å². The maximum Gasteiger partial charge on any atom is 0.265 e. The summed E-state index contributed by atoms with van der Waals surface area (Å²) in [5.41, 5.74) is 3.61. The van der Waals surface area contributed by atoms with Crippen LogP contribution in [0.5, 0.6) is 0 Å². The molecule has 0 aromatic heterocycles. The molecular formula is C12H17N3O2S. The summed E-state index contributed by atoms with van der Waals surface area (Å²) in [5, 5.41) is 0. The zero-order valence-electron chi connectivity index (χ0n) is 10.5. The Balaban J connectivity index is 2.53. The molecule has 0 saturated carbocycles. The number of rotatable bonds is 5. The van der Waals surface area contributed by atoms with E-state index in [0.717, 1.165) is 5.56 Å². The van der Waals surface area contributed by atoms with Gasteiger partial charge in [-0.1, -0.05) is 12.1 Å². The van der Waals surface area contributed by atoms with Crippen molar-refractivity contribution in [3.8, 4) is 0 Å². The lowest BCUT2D eigenvalue weighted by molar-refractivity contribution is -0.125. The van der Waals surface area contributed by atoms with Gasteiger partial charge in [-0.05, 0) is 17.7 Å². The van der Waals surface area contributed by atoms with Crippen molar-refractivity contribution in [3.63, 3.8) is 0 Å². The van der Waals surface area contributed by atoms with Crippen molar-refractivity contribution in [3.05, 3.63) is 35.4 Å². The number of carbonyl (C=O) groups excluding carboxylic acids is 2. The van der Waals surface area contributed by atoms with Gasteiger partial charge in [-0.2, -0.15) is 0 Å². The predicted octanol–water partition coefficient (Wildman–Crippen LogP) is 0.611. The molecule has 0 fully saturated rings. The summed E-state index contributed by atoms with van der Waals surface area (Å²) in [6, 6.07) is 7.19. The largest absolute Gasteiger partial charge is 0.348 e. The van der Waals surface area contributed by atoms with E-state index in [1.54, 1.807) is 37.2 Å². The third-order valence-electron chi connectivity index (χ3n) is 2.31. The second-order valence-electron chi connectivity index (χ2n) is 3.95. The van der Waals surface area contributed by atoms with Gasteiger partial charge in [-0.3, -0.25) is 15.0 Å². The van der Waals surface area contributed by atoms with Crippen LogP contribution in [0.4, 0.5) is 0 Å². The highest BCUT2D eigenvalue weighted by atomic mass is 32.2. The first-order valence-electron chi connectivity index (χ1n) is 5.42. The van der Waals surface area contributed by atoms with Crippen molar-refractivity contribution in [2.24, 2.45) is 5.84 Å². The molecule has 0 atom stereocenters. The number of amides is 2. The summed E-state index contributed by atoms with van der Waals surface area (Å²) < 4.78 is 0. The monoisotopic (exact) mass is 267 g/mol. The molecule has 0 aliphatic carbocycles. The molecular weight excluding hydrogens is 250 g/mol. The molecule has 0 unspecified atom stereocenters. The van der Waals surface area contributed by atoms with E-state index >= 15 is 0 Å². The minimum atomic E-state index is -0.314. The van der Waals surface area contributed by atoms with Crippen LogP contribution in [-0.2, 0) is 10.5 Å². The lowest BCUT2D eigenvalue weighted by atomic mass is 10.1. The number of thioether (sulfide) groups is 1. The van der Waals surface area contributed by atoms with Crippen molar-refractivity contribution in [1.82, 2.24) is 10.3 Å². The number of nitrogens with one attached hydrogen (secondary N) is 1. The molecule has 1 aromatic carbocycles. The van der Waals surface area contributed by atoms with E-state index in [9.17, 15) is 9.59 Å². The van der Waals surface area contributed by atoms with E-state index in [1.807, 2.05) is 6.07 Å². The molecule has 3 N–H and O–H groups in total. The Morgan fingerprint density at radius 3 is 2.72 bits per heavy atom. The molecule has 5 nitrogen and oxygen atoms in total. The molecule has 0 aliphatic rings. The van der Waals surface area contributed by atoms with E-state index < -0.39 is 0 Å². The maximum atomic E-state index is 11.4. The normalized spacial score (nSPS) is 9.94. The van der Waals surface area contributed by atoms with Gasteiger partial charge in [-0.25, -0.2) is 5.84 Å². The van der Waals surface area contributed by atoms with Crippen molar-refractivity contribution in [2.75, 3.05) is 19.8 Å². The summed E-state index contributed by atoms with van der Waals surface area (Å²) in [6.07, 6.45) is 0. The van der Waals surface area contributed by atoms with Crippen LogP contribution in [0.15, 0.2) is 24.3 Å². The Hall–Kier alpha value is -1.53. The van der Waals surface area contributed by atoms with Crippen LogP contribution in [0.25, 0.3) is 0 Å². The minimum Gasteiger partial charge on any atom is -0.348 e. The van der Waals surface area contributed by atoms with Crippen molar-refractivity contribution in [1.29, 1.82) is 0 Å². The zero-order valence-corrected chi connectivity index (χ0v) is 11.3. The fourth-order valence-electron chi connectivity index (χ4n) is 1.27. The Kier molecular flexibility index (Phi) is 5.67. The Morgan fingerprint density at radius 1 is 1.39 bits per heavy atom. The van der Waals surface area contributed by atoms with Crippen LogP contribution in [0.1, 0.15) is 15.9 Å². The van der Waals surface area contributed by atoms with Gasteiger partial charge in [0.05, 0.1) is 5.75 Å². The standard InChI is InChI=1S/C12H17N3O2S/c1-15(2)11(16)8-18-7-9-4-3-5-10(6-9)12(17)14-13/h3-6H,7-8,13H2,1-2H3,(H,14,17). The van der Waals surface area contributed by atoms with Gasteiger partial charge in [0.25, 0.3) is 5.91 Å². The summed E-state index contributed by atoms with van der Waals surface area (Å²) in [5.74, 6) is 5.95. The van der Waals surface area contributed by atoms with Gasteiger partial charge in [-0.15, -0.1) is 11.8 Å². The Bertz CT molecular complexity index is 435. The van der Waals surface area contributed by atoms with Crippen LogP contribution in [0.2, 0.25) is 0 Å². The van der Waals surface area contributed by atoms with Gasteiger partial charge in [0.1, 0.15) is 0 Å². The molecule has 0 spiro atoms. The minimum absolute atomic E-state index is 0.0795. The molecule has 0 aliphatic heterocycles. The highest BCUT2D eigenvalue weighted by Crippen LogP contribution is 2.14. The maximum absolute atomic E-state index is 11.4. The lowest BCUT2D eigenvalue weighted by Crippen LogP contribution is -2.29. The van der Waals surface area contributed by atoms with Crippen molar-refractivity contribution < 1.29 is 9.59 Å². The molecule has 2 amide bonds.